The van der Waals surface area contributed by atoms with Crippen LogP contribution in [0.25, 0.3) is 0 Å². The van der Waals surface area contributed by atoms with Gasteiger partial charge in [0.1, 0.15) is 18.5 Å². The number of likely N-dealkylation sites (N-methyl/N-ethyl adjacent to an activating group) is 1. The van der Waals surface area contributed by atoms with Crippen LogP contribution in [-0.4, -0.2) is 56.3 Å². The summed E-state index contributed by atoms with van der Waals surface area (Å²) in [7, 11) is 4.04. The number of nitrogens with one attached hydrogen (secondary N) is 1. The van der Waals surface area contributed by atoms with Gasteiger partial charge in [0.2, 0.25) is 5.88 Å². The maximum absolute atomic E-state index is 5.89. The summed E-state index contributed by atoms with van der Waals surface area (Å²) in [6.07, 6.45) is 4.17. The highest BCUT2D eigenvalue weighted by Crippen LogP contribution is 2.18. The Labute approximate surface area is 114 Å². The van der Waals surface area contributed by atoms with E-state index in [4.69, 9.17) is 9.47 Å². The fraction of sp³-hybridized carbons (Fsp3) is 0.643. The lowest BCUT2D eigenvalue weighted by Crippen LogP contribution is -2.34. The zero-order chi connectivity index (χ0) is 13.5. The summed E-state index contributed by atoms with van der Waals surface area (Å²) in [6, 6.07) is 3.80. The van der Waals surface area contributed by atoms with Crippen molar-refractivity contribution in [2.45, 2.75) is 18.9 Å². The van der Waals surface area contributed by atoms with Crippen molar-refractivity contribution in [3.8, 4) is 11.6 Å². The standard InChI is InChI=1S/C14H23N3O2/c1-17(2)9-10-18-14-4-3-13(11-16-14)19-12-5-7-15-8-6-12/h3-4,11-12,15H,5-10H2,1-2H3. The predicted octanol–water partition coefficient (Wildman–Crippen LogP) is 1.15. The van der Waals surface area contributed by atoms with E-state index in [9.17, 15) is 0 Å². The Morgan fingerprint density at radius 3 is 2.74 bits per heavy atom. The molecule has 1 N–H and O–H groups in total. The van der Waals surface area contributed by atoms with Crippen molar-refractivity contribution in [2.75, 3.05) is 40.3 Å². The quantitative estimate of drug-likeness (QED) is 0.836. The van der Waals surface area contributed by atoms with Gasteiger partial charge in [0, 0.05) is 12.6 Å². The highest BCUT2D eigenvalue weighted by Gasteiger charge is 2.14. The van der Waals surface area contributed by atoms with Crippen LogP contribution < -0.4 is 14.8 Å². The molecule has 0 bridgehead atoms. The lowest BCUT2D eigenvalue weighted by atomic mass is 10.1. The molecule has 19 heavy (non-hydrogen) atoms. The molecule has 0 unspecified atom stereocenters. The van der Waals surface area contributed by atoms with Crippen molar-refractivity contribution in [2.24, 2.45) is 0 Å². The van der Waals surface area contributed by atoms with Gasteiger partial charge in [-0.15, -0.1) is 0 Å². The van der Waals surface area contributed by atoms with Crippen LogP contribution in [0.4, 0.5) is 0 Å². The van der Waals surface area contributed by atoms with Crippen LogP contribution >= 0.6 is 0 Å². The monoisotopic (exact) mass is 265 g/mol. The van der Waals surface area contributed by atoms with Crippen LogP contribution in [0.5, 0.6) is 11.6 Å². The van der Waals surface area contributed by atoms with Crippen molar-refractivity contribution in [3.05, 3.63) is 18.3 Å². The highest BCUT2D eigenvalue weighted by molar-refractivity contribution is 5.23. The van der Waals surface area contributed by atoms with Crippen LogP contribution in [0.15, 0.2) is 18.3 Å². The van der Waals surface area contributed by atoms with Crippen molar-refractivity contribution >= 4 is 0 Å². The Bertz CT molecular complexity index is 361. The third-order valence-electron chi connectivity index (χ3n) is 3.09. The normalized spacial score (nSPS) is 16.6. The summed E-state index contributed by atoms with van der Waals surface area (Å²) >= 11 is 0. The van der Waals surface area contributed by atoms with Crippen LogP contribution in [0.2, 0.25) is 0 Å². The second kappa shape index (κ2) is 7.31. The molecule has 0 amide bonds. The van der Waals surface area contributed by atoms with Gasteiger partial charge in [0.15, 0.2) is 0 Å². The minimum atomic E-state index is 0.309. The molecule has 1 aromatic rings. The summed E-state index contributed by atoms with van der Waals surface area (Å²) in [4.78, 5) is 6.34. The lowest BCUT2D eigenvalue weighted by molar-refractivity contribution is 0.161. The fourth-order valence-corrected chi connectivity index (χ4v) is 1.96. The largest absolute Gasteiger partial charge is 0.489 e. The van der Waals surface area contributed by atoms with Gasteiger partial charge in [-0.1, -0.05) is 0 Å². The molecule has 2 rings (SSSR count). The molecule has 0 aromatic carbocycles. The zero-order valence-corrected chi connectivity index (χ0v) is 11.8. The third-order valence-corrected chi connectivity index (χ3v) is 3.09. The number of rotatable bonds is 6. The van der Waals surface area contributed by atoms with E-state index in [0.29, 0.717) is 18.6 Å². The molecule has 0 atom stereocenters. The topological polar surface area (TPSA) is 46.6 Å². The van der Waals surface area contributed by atoms with Gasteiger partial charge in [-0.3, -0.25) is 0 Å². The van der Waals surface area contributed by atoms with Crippen molar-refractivity contribution < 1.29 is 9.47 Å². The molecule has 1 aliphatic heterocycles. The molecule has 0 saturated carbocycles. The Hall–Kier alpha value is -1.33. The van der Waals surface area contributed by atoms with E-state index in [1.165, 1.54) is 0 Å². The van der Waals surface area contributed by atoms with Gasteiger partial charge >= 0.3 is 0 Å². The highest BCUT2D eigenvalue weighted by atomic mass is 16.5. The van der Waals surface area contributed by atoms with E-state index in [0.717, 1.165) is 38.2 Å². The van der Waals surface area contributed by atoms with Gasteiger partial charge < -0.3 is 19.7 Å². The van der Waals surface area contributed by atoms with E-state index >= 15 is 0 Å². The molecule has 0 aliphatic carbocycles. The SMILES string of the molecule is CN(C)CCOc1ccc(OC2CCNCC2)cn1. The van der Waals surface area contributed by atoms with Crippen LogP contribution in [0, 0.1) is 0 Å². The summed E-state index contributed by atoms with van der Waals surface area (Å²) in [6.45, 7) is 3.59. The molecule has 1 saturated heterocycles. The molecule has 0 spiro atoms. The first-order valence-corrected chi connectivity index (χ1v) is 6.85. The zero-order valence-electron chi connectivity index (χ0n) is 11.8. The van der Waals surface area contributed by atoms with Crippen molar-refractivity contribution in [1.82, 2.24) is 15.2 Å². The van der Waals surface area contributed by atoms with E-state index in [1.54, 1.807) is 6.20 Å². The smallest absolute Gasteiger partial charge is 0.213 e. The van der Waals surface area contributed by atoms with Gasteiger partial charge in [0.05, 0.1) is 6.20 Å². The van der Waals surface area contributed by atoms with Crippen molar-refractivity contribution in [3.63, 3.8) is 0 Å². The first-order chi connectivity index (χ1) is 9.24. The van der Waals surface area contributed by atoms with Gasteiger partial charge in [-0.2, -0.15) is 0 Å². The molecule has 1 fully saturated rings. The van der Waals surface area contributed by atoms with Crippen LogP contribution in [0.3, 0.4) is 0 Å². The fourth-order valence-electron chi connectivity index (χ4n) is 1.96. The Morgan fingerprint density at radius 2 is 2.11 bits per heavy atom. The first kappa shape index (κ1) is 14.1. The molecular formula is C14H23N3O2. The molecule has 5 heteroatoms. The van der Waals surface area contributed by atoms with Crippen molar-refractivity contribution in [1.29, 1.82) is 0 Å². The number of nitrogens with zero attached hydrogens (tertiary/aromatic N) is 2. The van der Waals surface area contributed by atoms with E-state index in [2.05, 4.69) is 15.2 Å². The molecule has 1 aliphatic rings. The second-order valence-electron chi connectivity index (χ2n) is 5.05. The summed E-state index contributed by atoms with van der Waals surface area (Å²) in [5.74, 6) is 1.48. The predicted molar refractivity (Wildman–Crippen MR) is 74.8 cm³/mol. The average Bonchev–Trinajstić information content (AvgIpc) is 2.42. The molecular weight excluding hydrogens is 242 g/mol. The number of pyridine rings is 1. The third kappa shape index (κ3) is 5.04. The van der Waals surface area contributed by atoms with Crippen LogP contribution in [0.1, 0.15) is 12.8 Å². The summed E-state index contributed by atoms with van der Waals surface area (Å²) in [5.41, 5.74) is 0. The summed E-state index contributed by atoms with van der Waals surface area (Å²) in [5, 5.41) is 3.32. The summed E-state index contributed by atoms with van der Waals surface area (Å²) < 4.78 is 11.4. The van der Waals surface area contributed by atoms with Gasteiger partial charge in [0.25, 0.3) is 0 Å². The maximum atomic E-state index is 5.89. The lowest BCUT2D eigenvalue weighted by Gasteiger charge is -2.23. The maximum Gasteiger partial charge on any atom is 0.213 e. The number of aromatic nitrogens is 1. The number of piperidine rings is 1. The van der Waals surface area contributed by atoms with E-state index in [-0.39, 0.29) is 0 Å². The number of ether oxygens (including phenoxy) is 2. The second-order valence-corrected chi connectivity index (χ2v) is 5.05. The molecule has 106 valence electrons. The first-order valence-electron chi connectivity index (χ1n) is 6.85. The Balaban J connectivity index is 1.77. The minimum absolute atomic E-state index is 0.309. The van der Waals surface area contributed by atoms with Crippen LogP contribution in [-0.2, 0) is 0 Å². The average molecular weight is 265 g/mol. The Morgan fingerprint density at radius 1 is 1.32 bits per heavy atom. The molecule has 1 aromatic heterocycles. The minimum Gasteiger partial charge on any atom is -0.489 e. The molecule has 2 heterocycles. The van der Waals surface area contributed by atoms with Gasteiger partial charge in [-0.25, -0.2) is 4.98 Å². The number of hydrogen-bond donors (Lipinski definition) is 1. The number of hydrogen-bond acceptors (Lipinski definition) is 5. The molecule has 5 nitrogen and oxygen atoms in total. The van der Waals surface area contributed by atoms with Gasteiger partial charge in [-0.05, 0) is 46.1 Å². The molecule has 0 radical (unpaired) electrons. The van der Waals surface area contributed by atoms with E-state index in [1.807, 2.05) is 26.2 Å². The van der Waals surface area contributed by atoms with E-state index < -0.39 is 0 Å². The Kier molecular flexibility index (Phi) is 5.42.